The van der Waals surface area contributed by atoms with E-state index in [0.717, 1.165) is 0 Å². The van der Waals surface area contributed by atoms with Gasteiger partial charge >= 0.3 is 0 Å². The third kappa shape index (κ3) is 2.64. The molecule has 6 nitrogen and oxygen atoms in total. The van der Waals surface area contributed by atoms with Crippen molar-refractivity contribution in [2.45, 2.75) is 6.04 Å². The molecule has 0 aliphatic carbocycles. The third-order valence-corrected chi connectivity index (χ3v) is 2.93. The molecule has 0 saturated carbocycles. The number of hydrogen-bond donors (Lipinski definition) is 0. The molecule has 1 atom stereocenters. The second-order valence-corrected chi connectivity index (χ2v) is 4.03. The summed E-state index contributed by atoms with van der Waals surface area (Å²) in [7, 11) is 0. The summed E-state index contributed by atoms with van der Waals surface area (Å²) in [6.45, 7) is 2.52. The van der Waals surface area contributed by atoms with Crippen LogP contribution >= 0.6 is 0 Å². The van der Waals surface area contributed by atoms with Crippen LogP contribution < -0.4 is 0 Å². The van der Waals surface area contributed by atoms with E-state index in [2.05, 4.69) is 6.07 Å². The lowest BCUT2D eigenvalue weighted by Crippen LogP contribution is -2.38. The number of nitrogens with zero attached hydrogens (tertiary/aromatic N) is 3. The van der Waals surface area contributed by atoms with Gasteiger partial charge in [-0.05, 0) is 5.56 Å². The van der Waals surface area contributed by atoms with Gasteiger partial charge in [0.1, 0.15) is 6.04 Å². The first-order valence-corrected chi connectivity index (χ1v) is 5.68. The van der Waals surface area contributed by atoms with Crippen molar-refractivity contribution in [1.29, 1.82) is 5.26 Å². The van der Waals surface area contributed by atoms with E-state index in [-0.39, 0.29) is 5.69 Å². The molecule has 0 spiro atoms. The fourth-order valence-electron chi connectivity index (χ4n) is 2.01. The number of nitriles is 1. The molecule has 1 aliphatic heterocycles. The highest BCUT2D eigenvalue weighted by molar-refractivity contribution is 5.37. The number of nitro groups is 1. The van der Waals surface area contributed by atoms with Crippen LogP contribution in [0.15, 0.2) is 24.3 Å². The van der Waals surface area contributed by atoms with E-state index in [1.54, 1.807) is 12.1 Å². The van der Waals surface area contributed by atoms with Crippen LogP contribution in [-0.2, 0) is 4.74 Å². The number of morpholine rings is 1. The summed E-state index contributed by atoms with van der Waals surface area (Å²) in [6.07, 6.45) is 0. The van der Waals surface area contributed by atoms with Gasteiger partial charge < -0.3 is 4.74 Å². The molecule has 1 unspecified atom stereocenters. The first-order chi connectivity index (χ1) is 8.72. The van der Waals surface area contributed by atoms with Crippen molar-refractivity contribution in [3.8, 4) is 6.07 Å². The lowest BCUT2D eigenvalue weighted by atomic mass is 10.1. The number of non-ortho nitro benzene ring substituents is 1. The smallest absolute Gasteiger partial charge is 0.269 e. The fraction of sp³-hybridized carbons (Fsp3) is 0.417. The standard InChI is InChI=1S/C12H13N3O3/c13-9-12(14-4-6-18-7-5-14)10-2-1-3-11(8-10)15(16)17/h1-3,8,12H,4-7H2. The van der Waals surface area contributed by atoms with Crippen molar-refractivity contribution in [2.24, 2.45) is 0 Å². The van der Waals surface area contributed by atoms with Gasteiger partial charge in [0.25, 0.3) is 5.69 Å². The molecule has 0 amide bonds. The van der Waals surface area contributed by atoms with Gasteiger partial charge in [-0.2, -0.15) is 5.26 Å². The first kappa shape index (κ1) is 12.5. The zero-order chi connectivity index (χ0) is 13.0. The molecule has 1 aliphatic rings. The molecule has 18 heavy (non-hydrogen) atoms. The average Bonchev–Trinajstić information content (AvgIpc) is 2.41. The average molecular weight is 247 g/mol. The summed E-state index contributed by atoms with van der Waals surface area (Å²) in [4.78, 5) is 12.3. The second kappa shape index (κ2) is 5.58. The maximum absolute atomic E-state index is 10.7. The van der Waals surface area contributed by atoms with Gasteiger partial charge in [0.05, 0.1) is 24.2 Å². The molecule has 6 heteroatoms. The molecule has 1 aromatic carbocycles. The molecule has 2 rings (SSSR count). The highest BCUT2D eigenvalue weighted by Gasteiger charge is 2.23. The van der Waals surface area contributed by atoms with E-state index < -0.39 is 11.0 Å². The van der Waals surface area contributed by atoms with Crippen LogP contribution in [0.4, 0.5) is 5.69 Å². The maximum atomic E-state index is 10.7. The zero-order valence-electron chi connectivity index (χ0n) is 9.78. The Labute approximate surface area is 105 Å². The molecule has 0 N–H and O–H groups in total. The van der Waals surface area contributed by atoms with E-state index >= 15 is 0 Å². The van der Waals surface area contributed by atoms with Crippen LogP contribution in [0.2, 0.25) is 0 Å². The molecule has 1 fully saturated rings. The molecule has 0 aromatic heterocycles. The number of hydrogen-bond acceptors (Lipinski definition) is 5. The van der Waals surface area contributed by atoms with E-state index in [1.165, 1.54) is 12.1 Å². The maximum Gasteiger partial charge on any atom is 0.269 e. The molecule has 1 aromatic rings. The summed E-state index contributed by atoms with van der Waals surface area (Å²) in [5, 5.41) is 20.0. The minimum Gasteiger partial charge on any atom is -0.379 e. The number of rotatable bonds is 3. The minimum absolute atomic E-state index is 0.0148. The number of nitro benzene ring substituents is 1. The predicted octanol–water partition coefficient (Wildman–Crippen LogP) is 1.49. The summed E-state index contributed by atoms with van der Waals surface area (Å²) in [5.74, 6) is 0. The van der Waals surface area contributed by atoms with Gasteiger partial charge in [0, 0.05) is 25.2 Å². The third-order valence-electron chi connectivity index (χ3n) is 2.93. The number of ether oxygens (including phenoxy) is 1. The van der Waals surface area contributed by atoms with Crippen LogP contribution in [0.1, 0.15) is 11.6 Å². The van der Waals surface area contributed by atoms with Gasteiger partial charge in [0.15, 0.2) is 0 Å². The minimum atomic E-state index is -0.450. The van der Waals surface area contributed by atoms with E-state index in [0.29, 0.717) is 31.9 Å². The molecular formula is C12H13N3O3. The summed E-state index contributed by atoms with van der Waals surface area (Å²) in [5.41, 5.74) is 0.676. The predicted molar refractivity (Wildman–Crippen MR) is 63.8 cm³/mol. The highest BCUT2D eigenvalue weighted by atomic mass is 16.6. The van der Waals surface area contributed by atoms with Crippen LogP contribution in [0.25, 0.3) is 0 Å². The number of benzene rings is 1. The van der Waals surface area contributed by atoms with Gasteiger partial charge in [-0.25, -0.2) is 0 Å². The van der Waals surface area contributed by atoms with Crippen molar-refractivity contribution in [2.75, 3.05) is 26.3 Å². The lowest BCUT2D eigenvalue weighted by molar-refractivity contribution is -0.384. The Kier molecular flexibility index (Phi) is 3.87. The van der Waals surface area contributed by atoms with Gasteiger partial charge in [-0.3, -0.25) is 15.0 Å². The van der Waals surface area contributed by atoms with Crippen LogP contribution in [-0.4, -0.2) is 36.1 Å². The Morgan fingerprint density at radius 3 is 2.78 bits per heavy atom. The monoisotopic (exact) mass is 247 g/mol. The second-order valence-electron chi connectivity index (χ2n) is 4.03. The summed E-state index contributed by atoms with van der Waals surface area (Å²) >= 11 is 0. The van der Waals surface area contributed by atoms with Crippen LogP contribution in [0.3, 0.4) is 0 Å². The quantitative estimate of drug-likeness (QED) is 0.597. The van der Waals surface area contributed by atoms with Crippen LogP contribution in [0.5, 0.6) is 0 Å². The van der Waals surface area contributed by atoms with E-state index in [1.807, 2.05) is 4.90 Å². The van der Waals surface area contributed by atoms with Gasteiger partial charge in [0.2, 0.25) is 0 Å². The largest absolute Gasteiger partial charge is 0.379 e. The van der Waals surface area contributed by atoms with Crippen molar-refractivity contribution in [1.82, 2.24) is 4.90 Å². The van der Waals surface area contributed by atoms with Crippen LogP contribution in [0, 0.1) is 21.4 Å². The lowest BCUT2D eigenvalue weighted by Gasteiger charge is -2.30. The Bertz CT molecular complexity index is 478. The molecule has 0 bridgehead atoms. The normalized spacial score (nSPS) is 17.9. The Morgan fingerprint density at radius 2 is 2.17 bits per heavy atom. The van der Waals surface area contributed by atoms with Crippen molar-refractivity contribution in [3.63, 3.8) is 0 Å². The molecule has 94 valence electrons. The SMILES string of the molecule is N#CC(c1cccc([N+](=O)[O-])c1)N1CCOCC1. The molecule has 1 saturated heterocycles. The zero-order valence-corrected chi connectivity index (χ0v) is 9.78. The summed E-state index contributed by atoms with van der Waals surface area (Å²) < 4.78 is 5.23. The van der Waals surface area contributed by atoms with E-state index in [4.69, 9.17) is 4.74 Å². The van der Waals surface area contributed by atoms with Crippen molar-refractivity contribution in [3.05, 3.63) is 39.9 Å². The van der Waals surface area contributed by atoms with E-state index in [9.17, 15) is 15.4 Å². The molecular weight excluding hydrogens is 234 g/mol. The molecule has 0 radical (unpaired) electrons. The molecule has 1 heterocycles. The Morgan fingerprint density at radius 1 is 1.44 bits per heavy atom. The summed E-state index contributed by atoms with van der Waals surface area (Å²) in [6, 6.07) is 8.00. The Hall–Kier alpha value is -1.97. The van der Waals surface area contributed by atoms with Gasteiger partial charge in [-0.1, -0.05) is 12.1 Å². The Balaban J connectivity index is 2.24. The first-order valence-electron chi connectivity index (χ1n) is 5.68. The van der Waals surface area contributed by atoms with Gasteiger partial charge in [-0.15, -0.1) is 0 Å². The van der Waals surface area contributed by atoms with Crippen molar-refractivity contribution >= 4 is 5.69 Å². The van der Waals surface area contributed by atoms with Crippen molar-refractivity contribution < 1.29 is 9.66 Å². The fourth-order valence-corrected chi connectivity index (χ4v) is 2.01. The highest BCUT2D eigenvalue weighted by Crippen LogP contribution is 2.24. The topological polar surface area (TPSA) is 79.4 Å².